The maximum Gasteiger partial charge on any atom is 0.221 e. The van der Waals surface area contributed by atoms with E-state index in [9.17, 15) is 4.79 Å². The molecule has 0 saturated heterocycles. The molecule has 0 saturated carbocycles. The number of carbonyl (C=O) groups excluding carboxylic acids is 1. The van der Waals surface area contributed by atoms with Crippen LogP contribution < -0.4 is 10.6 Å². The normalized spacial score (nSPS) is 17.0. The third-order valence-corrected chi connectivity index (χ3v) is 3.98. The van der Waals surface area contributed by atoms with Gasteiger partial charge in [0.2, 0.25) is 5.91 Å². The first kappa shape index (κ1) is 15.3. The largest absolute Gasteiger partial charge is 0.337 e. The van der Waals surface area contributed by atoms with Crippen molar-refractivity contribution in [3.8, 4) is 0 Å². The minimum absolute atomic E-state index is 0.0409. The Morgan fingerprint density at radius 3 is 3.05 bits per heavy atom. The van der Waals surface area contributed by atoms with Crippen molar-refractivity contribution in [3.05, 3.63) is 34.9 Å². The van der Waals surface area contributed by atoms with Crippen molar-refractivity contribution in [1.82, 2.24) is 10.6 Å². The molecule has 1 aromatic rings. The van der Waals surface area contributed by atoms with Gasteiger partial charge in [-0.05, 0) is 36.0 Å². The van der Waals surface area contributed by atoms with Gasteiger partial charge in [-0.15, -0.1) is 11.6 Å². The number of carbonyl (C=O) groups is 1. The molecule has 3 nitrogen and oxygen atoms in total. The molecule has 4 heteroatoms. The third-order valence-electron chi connectivity index (χ3n) is 3.71. The molecule has 1 heterocycles. The monoisotopic (exact) mass is 294 g/mol. The number of fused-ring (bicyclic) bond motifs is 1. The first-order valence-corrected chi connectivity index (χ1v) is 7.99. The van der Waals surface area contributed by atoms with E-state index in [-0.39, 0.29) is 12.1 Å². The summed E-state index contributed by atoms with van der Waals surface area (Å²) in [6, 6.07) is 6.44. The number of nitrogens with one attached hydrogen (secondary N) is 2. The van der Waals surface area contributed by atoms with Crippen molar-refractivity contribution in [3.63, 3.8) is 0 Å². The second-order valence-electron chi connectivity index (χ2n) is 5.27. The fourth-order valence-electron chi connectivity index (χ4n) is 2.67. The summed E-state index contributed by atoms with van der Waals surface area (Å²) in [5.41, 5.74) is 3.94. The average Bonchev–Trinajstić information content (AvgIpc) is 2.86. The SMILES string of the molecule is CCCCc1cccc2c1C(NC(=O)CCCCl)NC2. The lowest BCUT2D eigenvalue weighted by Crippen LogP contribution is -2.34. The number of rotatable bonds is 7. The van der Waals surface area contributed by atoms with Gasteiger partial charge in [-0.2, -0.15) is 0 Å². The van der Waals surface area contributed by atoms with Gasteiger partial charge in [0, 0.05) is 18.8 Å². The summed E-state index contributed by atoms with van der Waals surface area (Å²) in [5.74, 6) is 0.602. The van der Waals surface area contributed by atoms with Crippen LogP contribution in [0.25, 0.3) is 0 Å². The molecule has 1 aliphatic heterocycles. The predicted octanol–water partition coefficient (Wildman–Crippen LogP) is 3.27. The van der Waals surface area contributed by atoms with Gasteiger partial charge >= 0.3 is 0 Å². The van der Waals surface area contributed by atoms with Gasteiger partial charge in [-0.1, -0.05) is 31.5 Å². The van der Waals surface area contributed by atoms with Crippen molar-refractivity contribution < 1.29 is 4.79 Å². The second-order valence-corrected chi connectivity index (χ2v) is 5.65. The van der Waals surface area contributed by atoms with E-state index in [1.165, 1.54) is 29.5 Å². The van der Waals surface area contributed by atoms with E-state index in [4.69, 9.17) is 11.6 Å². The molecule has 0 bridgehead atoms. The van der Waals surface area contributed by atoms with Gasteiger partial charge in [0.05, 0.1) is 0 Å². The van der Waals surface area contributed by atoms with Crippen LogP contribution in [-0.2, 0) is 17.8 Å². The topological polar surface area (TPSA) is 41.1 Å². The zero-order chi connectivity index (χ0) is 14.4. The lowest BCUT2D eigenvalue weighted by molar-refractivity contribution is -0.122. The highest BCUT2D eigenvalue weighted by atomic mass is 35.5. The first-order valence-electron chi connectivity index (χ1n) is 7.45. The summed E-state index contributed by atoms with van der Waals surface area (Å²) < 4.78 is 0. The summed E-state index contributed by atoms with van der Waals surface area (Å²) in [6.07, 6.45) is 4.63. The van der Waals surface area contributed by atoms with Gasteiger partial charge in [0.15, 0.2) is 0 Å². The molecule has 1 aromatic carbocycles. The van der Waals surface area contributed by atoms with E-state index in [2.05, 4.69) is 35.8 Å². The highest BCUT2D eigenvalue weighted by Crippen LogP contribution is 2.28. The predicted molar refractivity (Wildman–Crippen MR) is 82.7 cm³/mol. The molecule has 1 aliphatic rings. The van der Waals surface area contributed by atoms with Crippen LogP contribution in [0.3, 0.4) is 0 Å². The third kappa shape index (κ3) is 3.74. The molecule has 2 rings (SSSR count). The maximum absolute atomic E-state index is 11.9. The first-order chi connectivity index (χ1) is 9.76. The Morgan fingerprint density at radius 1 is 1.45 bits per heavy atom. The smallest absolute Gasteiger partial charge is 0.221 e. The van der Waals surface area contributed by atoms with Crippen molar-refractivity contribution in [2.75, 3.05) is 5.88 Å². The molecule has 1 amide bonds. The summed E-state index contributed by atoms with van der Waals surface area (Å²) >= 11 is 5.63. The molecule has 2 N–H and O–H groups in total. The van der Waals surface area contributed by atoms with Crippen LogP contribution >= 0.6 is 11.6 Å². The van der Waals surface area contributed by atoms with Crippen LogP contribution in [0.4, 0.5) is 0 Å². The number of benzene rings is 1. The van der Waals surface area contributed by atoms with Crippen molar-refractivity contribution in [2.24, 2.45) is 0 Å². The van der Waals surface area contributed by atoms with E-state index in [1.807, 2.05) is 0 Å². The van der Waals surface area contributed by atoms with Crippen LogP contribution in [0.2, 0.25) is 0 Å². The number of unbranched alkanes of at least 4 members (excludes halogenated alkanes) is 1. The van der Waals surface area contributed by atoms with Gasteiger partial charge in [-0.25, -0.2) is 0 Å². The Morgan fingerprint density at radius 2 is 2.30 bits per heavy atom. The van der Waals surface area contributed by atoms with E-state index < -0.39 is 0 Å². The number of halogens is 1. The number of hydrogen-bond donors (Lipinski definition) is 2. The maximum atomic E-state index is 11.9. The quantitative estimate of drug-likeness (QED) is 0.758. The standard InChI is InChI=1S/C16H23ClN2O/c1-2-3-6-12-7-4-8-13-11-18-16(15(12)13)19-14(20)9-5-10-17/h4,7-8,16,18H,2-3,5-6,9-11H2,1H3,(H,19,20). The van der Waals surface area contributed by atoms with Gasteiger partial charge in [0.25, 0.3) is 0 Å². The van der Waals surface area contributed by atoms with Crippen LogP contribution in [0.5, 0.6) is 0 Å². The fraction of sp³-hybridized carbons (Fsp3) is 0.562. The van der Waals surface area contributed by atoms with E-state index >= 15 is 0 Å². The molecule has 0 aromatic heterocycles. The van der Waals surface area contributed by atoms with E-state index in [1.54, 1.807) is 0 Å². The molecule has 1 atom stereocenters. The van der Waals surface area contributed by atoms with Crippen LogP contribution in [-0.4, -0.2) is 11.8 Å². The minimum atomic E-state index is -0.0409. The Balaban J connectivity index is 2.07. The Kier molecular flexibility index (Phi) is 5.86. The Labute approximate surface area is 126 Å². The minimum Gasteiger partial charge on any atom is -0.337 e. The van der Waals surface area contributed by atoms with Gasteiger partial charge in [0.1, 0.15) is 6.17 Å². The van der Waals surface area contributed by atoms with Gasteiger partial charge < -0.3 is 5.32 Å². The lowest BCUT2D eigenvalue weighted by atomic mass is 9.97. The number of aryl methyl sites for hydroxylation is 1. The number of alkyl halides is 1. The second kappa shape index (κ2) is 7.65. The Hall–Kier alpha value is -1.06. The molecule has 20 heavy (non-hydrogen) atoms. The molecule has 0 spiro atoms. The van der Waals surface area contributed by atoms with Crippen molar-refractivity contribution >= 4 is 17.5 Å². The lowest BCUT2D eigenvalue weighted by Gasteiger charge is -2.17. The summed E-state index contributed by atoms with van der Waals surface area (Å²) in [7, 11) is 0. The molecular weight excluding hydrogens is 272 g/mol. The van der Waals surface area contributed by atoms with Crippen molar-refractivity contribution in [2.45, 2.75) is 51.7 Å². The Bertz CT molecular complexity index is 462. The molecule has 0 fully saturated rings. The van der Waals surface area contributed by atoms with Gasteiger partial charge in [-0.3, -0.25) is 10.1 Å². The molecule has 0 aliphatic carbocycles. The zero-order valence-electron chi connectivity index (χ0n) is 12.0. The van der Waals surface area contributed by atoms with Crippen LogP contribution in [0.15, 0.2) is 18.2 Å². The molecule has 0 radical (unpaired) electrons. The number of hydrogen-bond acceptors (Lipinski definition) is 2. The van der Waals surface area contributed by atoms with Crippen LogP contribution in [0.1, 0.15) is 55.5 Å². The fourth-order valence-corrected chi connectivity index (χ4v) is 2.81. The highest BCUT2D eigenvalue weighted by Gasteiger charge is 2.25. The summed E-state index contributed by atoms with van der Waals surface area (Å²) in [5, 5.41) is 6.46. The number of amides is 1. The summed E-state index contributed by atoms with van der Waals surface area (Å²) in [4.78, 5) is 11.9. The summed E-state index contributed by atoms with van der Waals surface area (Å²) in [6.45, 7) is 3.03. The molecule has 110 valence electrons. The zero-order valence-corrected chi connectivity index (χ0v) is 12.8. The molecular formula is C16H23ClN2O. The van der Waals surface area contributed by atoms with Crippen molar-refractivity contribution in [1.29, 1.82) is 0 Å². The highest BCUT2D eigenvalue weighted by molar-refractivity contribution is 6.17. The van der Waals surface area contributed by atoms with E-state index in [0.29, 0.717) is 12.3 Å². The van der Waals surface area contributed by atoms with E-state index in [0.717, 1.165) is 19.4 Å². The molecule has 1 unspecified atom stereocenters. The average molecular weight is 295 g/mol. The van der Waals surface area contributed by atoms with Crippen LogP contribution in [0, 0.1) is 0 Å².